The van der Waals surface area contributed by atoms with Crippen LogP contribution >= 0.6 is 0 Å². The van der Waals surface area contributed by atoms with E-state index in [1.165, 1.54) is 10.8 Å². The zero-order valence-corrected chi connectivity index (χ0v) is 27.5. The monoisotopic (exact) mass is 651 g/mol. The molecular weight excluding hydrogens is 623 g/mol. The molecular formula is C46H29N5. The molecule has 0 saturated heterocycles. The average molecular weight is 652 g/mol. The first-order valence-corrected chi connectivity index (χ1v) is 17.1. The van der Waals surface area contributed by atoms with Gasteiger partial charge in [0.25, 0.3) is 0 Å². The Morgan fingerprint density at radius 1 is 0.353 bits per heavy atom. The van der Waals surface area contributed by atoms with Crippen LogP contribution in [0.4, 0.5) is 0 Å². The molecule has 0 spiro atoms. The zero-order chi connectivity index (χ0) is 33.7. The Kier molecular flexibility index (Phi) is 6.74. The van der Waals surface area contributed by atoms with Gasteiger partial charge in [-0.3, -0.25) is 0 Å². The van der Waals surface area contributed by atoms with E-state index < -0.39 is 0 Å². The molecule has 5 heteroatoms. The van der Waals surface area contributed by atoms with Crippen LogP contribution in [0.1, 0.15) is 0 Å². The predicted molar refractivity (Wildman–Crippen MR) is 209 cm³/mol. The third-order valence-corrected chi connectivity index (χ3v) is 9.64. The molecule has 0 N–H and O–H groups in total. The summed E-state index contributed by atoms with van der Waals surface area (Å²) in [5.74, 6) is 1.90. The topological polar surface area (TPSA) is 56.5 Å². The van der Waals surface area contributed by atoms with Gasteiger partial charge in [-0.05, 0) is 41.1 Å². The van der Waals surface area contributed by atoms with Crippen LogP contribution in [0.25, 0.3) is 94.6 Å². The van der Waals surface area contributed by atoms with Crippen LogP contribution in [0.5, 0.6) is 0 Å². The van der Waals surface area contributed by atoms with Gasteiger partial charge in [-0.1, -0.05) is 146 Å². The second-order valence-electron chi connectivity index (χ2n) is 12.6. The standard InChI is InChI=1S/C46H29N5/c1-4-16-30(17-5-1)44-48-45(31-18-6-2-7-19-31)50-46(49-44)36-29-28-35(33-22-10-11-23-34(33)36)42-43-41(37-24-12-14-26-39(37)47-42)38-25-13-15-27-40(38)51(43)32-20-8-3-9-21-32/h1-29H. The van der Waals surface area contributed by atoms with Gasteiger partial charge in [0.15, 0.2) is 17.5 Å². The molecule has 5 nitrogen and oxygen atoms in total. The van der Waals surface area contributed by atoms with Crippen LogP contribution in [0.2, 0.25) is 0 Å². The molecule has 0 bridgehead atoms. The minimum Gasteiger partial charge on any atom is -0.307 e. The first-order chi connectivity index (χ1) is 25.3. The lowest BCUT2D eigenvalue weighted by Gasteiger charge is -2.16. The lowest BCUT2D eigenvalue weighted by molar-refractivity contribution is 1.08. The van der Waals surface area contributed by atoms with Gasteiger partial charge in [-0.15, -0.1) is 0 Å². The van der Waals surface area contributed by atoms with E-state index in [4.69, 9.17) is 19.9 Å². The van der Waals surface area contributed by atoms with Crippen LogP contribution in [0.15, 0.2) is 176 Å². The SMILES string of the molecule is c1ccc(-c2nc(-c3ccccc3)nc(-c3ccc(-c4nc5ccccc5c5c6ccccc6n(-c6ccccc6)c45)c4ccccc34)n2)cc1. The molecule has 0 atom stereocenters. The van der Waals surface area contributed by atoms with Gasteiger partial charge < -0.3 is 4.57 Å². The van der Waals surface area contributed by atoms with Gasteiger partial charge in [0.05, 0.1) is 22.2 Å². The normalized spacial score (nSPS) is 11.5. The molecule has 0 radical (unpaired) electrons. The number of hydrogen-bond acceptors (Lipinski definition) is 4. The van der Waals surface area contributed by atoms with Crippen LogP contribution < -0.4 is 0 Å². The highest BCUT2D eigenvalue weighted by Crippen LogP contribution is 2.43. The molecule has 0 amide bonds. The maximum absolute atomic E-state index is 5.45. The highest BCUT2D eigenvalue weighted by Gasteiger charge is 2.23. The average Bonchev–Trinajstić information content (AvgIpc) is 3.57. The summed E-state index contributed by atoms with van der Waals surface area (Å²) in [7, 11) is 0. The van der Waals surface area contributed by atoms with Gasteiger partial charge in [-0.25, -0.2) is 19.9 Å². The molecule has 0 aliphatic rings. The summed E-state index contributed by atoms with van der Waals surface area (Å²) in [5, 5.41) is 5.65. The molecule has 238 valence electrons. The van der Waals surface area contributed by atoms with Gasteiger partial charge in [0, 0.05) is 44.1 Å². The van der Waals surface area contributed by atoms with Gasteiger partial charge in [0.2, 0.25) is 0 Å². The Morgan fingerprint density at radius 3 is 1.51 bits per heavy atom. The molecule has 3 aromatic heterocycles. The molecule has 10 rings (SSSR count). The number of fused-ring (bicyclic) bond motifs is 6. The van der Waals surface area contributed by atoms with Crippen molar-refractivity contribution in [2.45, 2.75) is 0 Å². The third-order valence-electron chi connectivity index (χ3n) is 9.64. The molecule has 7 aromatic carbocycles. The molecule has 0 saturated carbocycles. The lowest BCUT2D eigenvalue weighted by Crippen LogP contribution is -2.01. The number of hydrogen-bond donors (Lipinski definition) is 0. The van der Waals surface area contributed by atoms with Crippen LogP contribution in [0.3, 0.4) is 0 Å². The highest BCUT2D eigenvalue weighted by atomic mass is 15.0. The molecule has 51 heavy (non-hydrogen) atoms. The maximum Gasteiger partial charge on any atom is 0.164 e. The first kappa shape index (κ1) is 29.0. The predicted octanol–water partition coefficient (Wildman–Crippen LogP) is 11.3. The smallest absolute Gasteiger partial charge is 0.164 e. The van der Waals surface area contributed by atoms with Crippen molar-refractivity contribution < 1.29 is 0 Å². The number of rotatable bonds is 5. The third kappa shape index (κ3) is 4.78. The largest absolute Gasteiger partial charge is 0.307 e. The van der Waals surface area contributed by atoms with Gasteiger partial charge in [0.1, 0.15) is 0 Å². The van der Waals surface area contributed by atoms with Crippen molar-refractivity contribution >= 4 is 43.5 Å². The van der Waals surface area contributed by atoms with E-state index in [0.717, 1.165) is 66.3 Å². The molecule has 0 fully saturated rings. The summed E-state index contributed by atoms with van der Waals surface area (Å²) in [6.45, 7) is 0. The first-order valence-electron chi connectivity index (χ1n) is 17.1. The summed E-state index contributed by atoms with van der Waals surface area (Å²) >= 11 is 0. The highest BCUT2D eigenvalue weighted by molar-refractivity contribution is 6.24. The number of nitrogens with zero attached hydrogens (tertiary/aromatic N) is 5. The van der Waals surface area contributed by atoms with E-state index in [0.29, 0.717) is 17.5 Å². The van der Waals surface area contributed by atoms with Crippen molar-refractivity contribution in [2.24, 2.45) is 0 Å². The molecule has 3 heterocycles. The lowest BCUT2D eigenvalue weighted by atomic mass is 9.95. The Bertz CT molecular complexity index is 2840. The maximum atomic E-state index is 5.45. The molecule has 0 aliphatic heterocycles. The van der Waals surface area contributed by atoms with E-state index in [1.807, 2.05) is 60.7 Å². The quantitative estimate of drug-likeness (QED) is 0.186. The molecule has 0 unspecified atom stereocenters. The van der Waals surface area contributed by atoms with Crippen LogP contribution in [-0.4, -0.2) is 24.5 Å². The Hall–Kier alpha value is -6.98. The fraction of sp³-hybridized carbons (Fsp3) is 0. The summed E-state index contributed by atoms with van der Waals surface area (Å²) < 4.78 is 2.37. The number of benzene rings is 7. The van der Waals surface area contributed by atoms with Crippen LogP contribution in [0, 0.1) is 0 Å². The number of para-hydroxylation sites is 3. The van der Waals surface area contributed by atoms with Gasteiger partial charge >= 0.3 is 0 Å². The zero-order valence-electron chi connectivity index (χ0n) is 27.5. The van der Waals surface area contributed by atoms with Crippen molar-refractivity contribution in [3.8, 4) is 51.1 Å². The number of pyridine rings is 1. The molecule has 10 aromatic rings. The van der Waals surface area contributed by atoms with Crippen molar-refractivity contribution in [1.29, 1.82) is 0 Å². The summed E-state index contributed by atoms with van der Waals surface area (Å²) in [6.07, 6.45) is 0. The Balaban J connectivity index is 1.28. The van der Waals surface area contributed by atoms with Gasteiger partial charge in [-0.2, -0.15) is 0 Å². The van der Waals surface area contributed by atoms with E-state index in [1.54, 1.807) is 0 Å². The second kappa shape index (κ2) is 11.9. The summed E-state index contributed by atoms with van der Waals surface area (Å²) in [5.41, 5.74) is 9.07. The Morgan fingerprint density at radius 2 is 0.843 bits per heavy atom. The van der Waals surface area contributed by atoms with E-state index in [-0.39, 0.29) is 0 Å². The number of aromatic nitrogens is 5. The van der Waals surface area contributed by atoms with E-state index in [9.17, 15) is 0 Å². The van der Waals surface area contributed by atoms with Crippen LogP contribution in [-0.2, 0) is 0 Å². The van der Waals surface area contributed by atoms with E-state index in [2.05, 4.69) is 120 Å². The molecule has 0 aliphatic carbocycles. The second-order valence-corrected chi connectivity index (χ2v) is 12.6. The minimum atomic E-state index is 0.625. The van der Waals surface area contributed by atoms with Crippen molar-refractivity contribution in [3.05, 3.63) is 176 Å². The van der Waals surface area contributed by atoms with E-state index >= 15 is 0 Å². The van der Waals surface area contributed by atoms with Crippen molar-refractivity contribution in [3.63, 3.8) is 0 Å². The van der Waals surface area contributed by atoms with Crippen molar-refractivity contribution in [1.82, 2.24) is 24.5 Å². The Labute approximate surface area is 294 Å². The van der Waals surface area contributed by atoms with Crippen molar-refractivity contribution in [2.75, 3.05) is 0 Å². The summed E-state index contributed by atoms with van der Waals surface area (Å²) in [4.78, 5) is 20.6. The minimum absolute atomic E-state index is 0.625. The fourth-order valence-corrected chi connectivity index (χ4v) is 7.36. The fourth-order valence-electron chi connectivity index (χ4n) is 7.36. The summed E-state index contributed by atoms with van der Waals surface area (Å²) in [6, 6.07) is 60.8.